The number of aliphatic hydroxyl groups excluding tert-OH is 2. The van der Waals surface area contributed by atoms with E-state index in [1.807, 2.05) is 0 Å². The van der Waals surface area contributed by atoms with Crippen LogP contribution in [0.15, 0.2) is 0 Å². The highest BCUT2D eigenvalue weighted by Crippen LogP contribution is 2.67. The van der Waals surface area contributed by atoms with Crippen LogP contribution in [0.2, 0.25) is 72.5 Å². The number of hydrogen-bond donors (Lipinski definition) is 5. The Hall–Kier alpha value is 0.508. The molecule has 0 spiro atoms. The zero-order valence-corrected chi connectivity index (χ0v) is 71.8. The molecule has 0 heterocycles. The van der Waals surface area contributed by atoms with Crippen molar-refractivity contribution in [1.29, 1.82) is 0 Å². The molecule has 0 aromatic carbocycles. The molecule has 0 saturated heterocycles. The Labute approximate surface area is 640 Å². The lowest BCUT2D eigenvalue weighted by Gasteiger charge is -2.53. The molecule has 0 aromatic rings. The van der Waals surface area contributed by atoms with Crippen molar-refractivity contribution in [2.24, 2.45) is 68.0 Å². The second-order valence-electron chi connectivity index (χ2n) is 41.1. The minimum Gasteiger partial charge on any atom is -0.417 e. The van der Waals surface area contributed by atoms with E-state index in [2.05, 4.69) is 177 Å². The monoisotopic (exact) mass is 1470 g/mol. The van der Waals surface area contributed by atoms with Crippen molar-refractivity contribution in [3.63, 3.8) is 0 Å². The van der Waals surface area contributed by atoms with Crippen molar-refractivity contribution < 1.29 is 67.9 Å². The van der Waals surface area contributed by atoms with Crippen LogP contribution in [-0.2, 0) is 17.7 Å². The van der Waals surface area contributed by atoms with Gasteiger partial charge in [0.2, 0.25) is 0 Å². The van der Waals surface area contributed by atoms with Crippen LogP contribution in [0.5, 0.6) is 0 Å². The highest BCUT2D eigenvalue weighted by molar-refractivity contribution is 6.75. The average molecular weight is 1470 g/mol. The molecule has 6 fully saturated rings. The topological polar surface area (TPSA) is 138 Å². The summed E-state index contributed by atoms with van der Waals surface area (Å²) in [6.45, 7) is 42.5. The molecular formula is C85H174O9Si4. The first-order valence-electron chi connectivity index (χ1n) is 48.1. The molecule has 0 radical (unpaired) electrons. The third-order valence-electron chi connectivity index (χ3n) is 29.6. The van der Waals surface area contributed by atoms with Crippen molar-refractivity contribution in [3.8, 4) is 0 Å². The molecule has 0 bridgehead atoms. The fourth-order valence-corrected chi connectivity index (χ4v) is 25.0. The quantitative estimate of drug-likeness (QED) is 0.0464. The van der Waals surface area contributed by atoms with E-state index in [1.165, 1.54) is 0 Å². The lowest BCUT2D eigenvalue weighted by Crippen LogP contribution is -2.51. The van der Waals surface area contributed by atoms with E-state index in [0.717, 1.165) is 103 Å². The molecule has 13 heteroatoms. The van der Waals surface area contributed by atoms with Crippen LogP contribution >= 0.6 is 0 Å². The van der Waals surface area contributed by atoms with Gasteiger partial charge in [0.15, 0.2) is 33.3 Å². The Morgan fingerprint density at radius 1 is 0.357 bits per heavy atom. The molecule has 584 valence electrons. The number of aliphatic hydroxyl groups is 5. The molecule has 0 amide bonds. The maximum atomic E-state index is 11.0. The Bertz CT molecular complexity index is 2900. The fourth-order valence-electron chi connectivity index (χ4n) is 19.8. The van der Waals surface area contributed by atoms with Gasteiger partial charge in [-0.3, -0.25) is 0 Å². The molecule has 5 N–H and O–H groups in total. The summed E-state index contributed by atoms with van der Waals surface area (Å²) in [5, 5.41) is 53.0. The average Bonchev–Trinajstić information content (AvgIpc) is 1.57. The zero-order chi connectivity index (χ0) is 89.7. The standard InChI is InChI=1S/C32H66O3Si2.2C26H52O3Si.CH4/c1-28(2,3)36(11,12)34-24-23-31(9,21-16-20-30(7,8)33)27-19-18-25-26(17-15-22-32(25,27)10)35-37(13,14)29(4,5)6;2*1-23(2,3)30(8,9)29-21-12-10-17-26(7)20(21)13-14-22(26)25(6,18-19-27)16-11-15-24(4,5)28;/h25-27,33H,15-24H2,1-14H3;2*20-22,27-28H,10-19H2,1-9H3;1H4/t25?,26-,27+,31?,32-;20?,21-,22+,25+,26-;20?,21-,22+,25-,26-;/m000./s1/i7D3,8D3;2*4D3,5D3;. The molecule has 6 aliphatic rings. The van der Waals surface area contributed by atoms with Gasteiger partial charge in [0.25, 0.3) is 0 Å². The highest BCUT2D eigenvalue weighted by atomic mass is 28.4. The van der Waals surface area contributed by atoms with E-state index in [4.69, 9.17) is 42.4 Å². The maximum absolute atomic E-state index is 11.0. The number of fused-ring (bicyclic) bond motifs is 3. The number of hydrogen-bond acceptors (Lipinski definition) is 9. The number of rotatable bonds is 29. The van der Waals surface area contributed by atoms with E-state index >= 15 is 0 Å². The van der Waals surface area contributed by atoms with Gasteiger partial charge in [0, 0.05) is 62.8 Å². The summed E-state index contributed by atoms with van der Waals surface area (Å²) in [5.74, 6) is 2.40. The Balaban J connectivity index is 0.000000451. The molecule has 6 saturated carbocycles. The molecule has 0 aromatic heterocycles. The van der Waals surface area contributed by atoms with Crippen LogP contribution in [0, 0.1) is 68.0 Å². The van der Waals surface area contributed by atoms with Crippen LogP contribution in [0.1, 0.15) is 371 Å². The van der Waals surface area contributed by atoms with E-state index in [-0.39, 0.29) is 124 Å². The normalized spacial score (nSPS) is 34.7. The van der Waals surface area contributed by atoms with Gasteiger partial charge in [-0.15, -0.1) is 0 Å². The predicted octanol–water partition coefficient (Wildman–Crippen LogP) is 24.4. The molecule has 0 aliphatic heterocycles. The summed E-state index contributed by atoms with van der Waals surface area (Å²) >= 11 is 0. The lowest BCUT2D eigenvalue weighted by molar-refractivity contribution is -0.0516. The minimum atomic E-state index is -2.99. The SMILES string of the molecule is C.[2H]C([2H])([2H])C(O)(CCCC(C)(CCO[Si](C)(C)C(C)(C)C)[C@H]1CCC2[C@@H](O[Si](C)(C)C(C)(C)C)CCC[C@@]21C)C([2H])([2H])[2H].[2H]C([2H])([2H])C(O)(CCC[C@@](C)(CCO)[C@H]1CCC2[C@@H](O[Si](C)(C)C(C)(C)C)CCC[C@@]21C)C([2H])([2H])[2H].[2H]C([2H])([2H])C(O)(CCC[C@](C)(CCO)[C@H]1CCC2[C@@H](O[Si](C)(C)C(C)(C)C)CCC[C@@]21C)C([2H])([2H])[2H]. The molecule has 6 rings (SSSR count). The third kappa shape index (κ3) is 23.5. The first kappa shape index (κ1) is 66.7. The van der Waals surface area contributed by atoms with Crippen molar-refractivity contribution in [2.75, 3.05) is 19.8 Å². The Morgan fingerprint density at radius 3 is 0.827 bits per heavy atom. The summed E-state index contributed by atoms with van der Waals surface area (Å²) in [6, 6.07) is 0. The maximum Gasteiger partial charge on any atom is 0.192 e. The summed E-state index contributed by atoms with van der Waals surface area (Å²) < 4.78 is 167. The predicted molar refractivity (Wildman–Crippen MR) is 433 cm³/mol. The van der Waals surface area contributed by atoms with Crippen LogP contribution in [0.4, 0.5) is 0 Å². The molecule has 98 heavy (non-hydrogen) atoms. The zero-order valence-electron chi connectivity index (χ0n) is 85.8. The van der Waals surface area contributed by atoms with E-state index in [9.17, 15) is 25.5 Å². The van der Waals surface area contributed by atoms with Crippen molar-refractivity contribution in [1.82, 2.24) is 0 Å². The van der Waals surface area contributed by atoms with Gasteiger partial charge < -0.3 is 43.2 Å². The molecule has 15 atom stereocenters. The molecule has 6 aliphatic carbocycles. The van der Waals surface area contributed by atoms with Gasteiger partial charge >= 0.3 is 0 Å². The van der Waals surface area contributed by atoms with Gasteiger partial charge in [-0.05, 0) is 316 Å². The van der Waals surface area contributed by atoms with Crippen LogP contribution in [0.3, 0.4) is 0 Å². The van der Waals surface area contributed by atoms with Crippen LogP contribution in [0.25, 0.3) is 0 Å². The molecule has 4 unspecified atom stereocenters. The summed E-state index contributed by atoms with van der Waals surface area (Å²) in [7, 11) is -7.75. The summed E-state index contributed by atoms with van der Waals surface area (Å²) in [6.07, 6.45) is 20.9. The second-order valence-corrected chi connectivity index (χ2v) is 60.1. The van der Waals surface area contributed by atoms with Crippen molar-refractivity contribution >= 4 is 33.3 Å². The Morgan fingerprint density at radius 2 is 0.602 bits per heavy atom. The third-order valence-corrected chi connectivity index (χ3v) is 47.7. The van der Waals surface area contributed by atoms with E-state index in [1.54, 1.807) is 0 Å². The van der Waals surface area contributed by atoms with Gasteiger partial charge in [-0.25, -0.2) is 0 Å². The Kier molecular flexibility index (Phi) is 23.1. The van der Waals surface area contributed by atoms with Crippen LogP contribution < -0.4 is 0 Å². The van der Waals surface area contributed by atoms with Crippen molar-refractivity contribution in [3.05, 3.63) is 0 Å². The van der Waals surface area contributed by atoms with E-state index < -0.39 is 91.2 Å². The lowest BCUT2D eigenvalue weighted by atomic mass is 9.56. The summed E-state index contributed by atoms with van der Waals surface area (Å²) in [4.78, 5) is 0. The largest absolute Gasteiger partial charge is 0.417 e. The second kappa shape index (κ2) is 34.0. The van der Waals surface area contributed by atoms with Gasteiger partial charge in [0.1, 0.15) is 0 Å². The highest BCUT2D eigenvalue weighted by Gasteiger charge is 2.61. The van der Waals surface area contributed by atoms with Crippen molar-refractivity contribution in [2.45, 2.75) is 454 Å². The van der Waals surface area contributed by atoms with Gasteiger partial charge in [0.05, 0.1) is 16.8 Å². The fraction of sp³-hybridized carbons (Fsp3) is 1.00. The van der Waals surface area contributed by atoms with Gasteiger partial charge in [-0.1, -0.05) is 171 Å². The van der Waals surface area contributed by atoms with Gasteiger partial charge in [-0.2, -0.15) is 0 Å². The van der Waals surface area contributed by atoms with E-state index in [0.29, 0.717) is 80.6 Å². The summed E-state index contributed by atoms with van der Waals surface area (Å²) in [5.41, 5.74) is -8.71. The minimum absolute atomic E-state index is 0. The molecular weight excluding hydrogens is 1280 g/mol. The first-order valence-corrected chi connectivity index (χ1v) is 50.8. The van der Waals surface area contributed by atoms with Crippen LogP contribution in [-0.4, -0.2) is 114 Å². The molecule has 9 nitrogen and oxygen atoms in total. The first-order chi connectivity index (χ1) is 51.1. The smallest absolute Gasteiger partial charge is 0.192 e.